The number of carbonyl (C=O) groups excluding carboxylic acids is 3. The molecule has 1 N–H and O–H groups in total. The minimum Gasteiger partial charge on any atom is -0.273 e. The van der Waals surface area contributed by atoms with E-state index in [9.17, 15) is 14.4 Å². The van der Waals surface area contributed by atoms with E-state index >= 15 is 0 Å². The maximum absolute atomic E-state index is 13.1. The van der Waals surface area contributed by atoms with Crippen molar-refractivity contribution in [2.45, 2.75) is 25.7 Å². The third-order valence-corrected chi connectivity index (χ3v) is 5.93. The number of nitrogens with zero attached hydrogens (tertiary/aromatic N) is 1. The molecule has 0 saturated carbocycles. The molecule has 1 aliphatic carbocycles. The number of fused-ring (bicyclic) bond motifs is 1. The smallest absolute Gasteiger partial charge is 0.273 e. The second kappa shape index (κ2) is 7.36. The van der Waals surface area contributed by atoms with E-state index in [1.165, 1.54) is 5.57 Å². The van der Waals surface area contributed by atoms with E-state index in [-0.39, 0.29) is 17.7 Å². The van der Waals surface area contributed by atoms with Crippen LogP contribution in [0, 0.1) is 5.92 Å². The molecule has 2 unspecified atom stereocenters. The number of amides is 3. The molecule has 6 heteroatoms. The molecule has 1 aliphatic heterocycles. The SMILES string of the molecule is CC1=CCC(C(=O)NN2C(=O)c3ccccc3C2=O)C(c2ccc(Br)cc2)C1. The number of imide groups is 1. The number of carbonyl (C=O) groups is 3. The van der Waals surface area contributed by atoms with Crippen molar-refractivity contribution >= 4 is 33.7 Å². The number of nitrogens with one attached hydrogen (secondary N) is 1. The highest BCUT2D eigenvalue weighted by Gasteiger charge is 2.39. The zero-order valence-corrected chi connectivity index (χ0v) is 16.9. The maximum atomic E-state index is 13.1. The van der Waals surface area contributed by atoms with Gasteiger partial charge in [-0.15, -0.1) is 0 Å². The Hall–Kier alpha value is -2.73. The summed E-state index contributed by atoms with van der Waals surface area (Å²) < 4.78 is 0.978. The van der Waals surface area contributed by atoms with E-state index in [0.717, 1.165) is 21.5 Å². The molecular formula is C22H19BrN2O3. The molecule has 5 nitrogen and oxygen atoms in total. The van der Waals surface area contributed by atoms with E-state index < -0.39 is 11.8 Å². The molecule has 2 aliphatic rings. The normalized spacial score (nSPS) is 21.4. The molecule has 2 aromatic carbocycles. The van der Waals surface area contributed by atoms with Gasteiger partial charge in [0.15, 0.2) is 0 Å². The molecule has 2 atom stereocenters. The molecule has 0 aromatic heterocycles. The molecular weight excluding hydrogens is 420 g/mol. The summed E-state index contributed by atoms with van der Waals surface area (Å²) in [6.45, 7) is 2.06. The average Bonchev–Trinajstić information content (AvgIpc) is 2.93. The number of hydrogen-bond acceptors (Lipinski definition) is 3. The number of allylic oxidation sites excluding steroid dienone is 2. The Morgan fingerprint density at radius 3 is 2.25 bits per heavy atom. The van der Waals surface area contributed by atoms with Crippen LogP contribution in [0.15, 0.2) is 64.7 Å². The van der Waals surface area contributed by atoms with E-state index in [2.05, 4.69) is 34.4 Å². The summed E-state index contributed by atoms with van der Waals surface area (Å²) in [5, 5.41) is 0.844. The van der Waals surface area contributed by atoms with Gasteiger partial charge in [-0.2, -0.15) is 5.01 Å². The van der Waals surface area contributed by atoms with Crippen LogP contribution in [-0.4, -0.2) is 22.7 Å². The van der Waals surface area contributed by atoms with Crippen molar-refractivity contribution in [3.05, 3.63) is 81.3 Å². The van der Waals surface area contributed by atoms with Crippen LogP contribution >= 0.6 is 15.9 Å². The third-order valence-electron chi connectivity index (χ3n) is 5.40. The number of halogens is 1. The minimum absolute atomic E-state index is 0.00622. The minimum atomic E-state index is -0.489. The summed E-state index contributed by atoms with van der Waals surface area (Å²) in [5.41, 5.74) is 5.51. The summed E-state index contributed by atoms with van der Waals surface area (Å²) in [5.74, 6) is -1.65. The second-order valence-electron chi connectivity index (χ2n) is 7.22. The Kier molecular flexibility index (Phi) is 4.89. The van der Waals surface area contributed by atoms with Gasteiger partial charge >= 0.3 is 0 Å². The molecule has 0 bridgehead atoms. The van der Waals surface area contributed by atoms with Crippen molar-refractivity contribution < 1.29 is 14.4 Å². The molecule has 4 rings (SSSR count). The van der Waals surface area contributed by atoms with E-state index in [1.807, 2.05) is 24.3 Å². The van der Waals surface area contributed by atoms with Gasteiger partial charge in [-0.1, -0.05) is 51.8 Å². The van der Waals surface area contributed by atoms with Crippen molar-refractivity contribution in [1.29, 1.82) is 0 Å². The highest BCUT2D eigenvalue weighted by molar-refractivity contribution is 9.10. The Labute approximate surface area is 171 Å². The third kappa shape index (κ3) is 3.29. The van der Waals surface area contributed by atoms with Crippen molar-refractivity contribution in [1.82, 2.24) is 10.4 Å². The average molecular weight is 439 g/mol. The number of hydrogen-bond donors (Lipinski definition) is 1. The van der Waals surface area contributed by atoms with E-state index in [1.54, 1.807) is 24.3 Å². The second-order valence-corrected chi connectivity index (χ2v) is 8.14. The Morgan fingerprint density at radius 2 is 1.64 bits per heavy atom. The molecule has 0 fully saturated rings. The number of benzene rings is 2. The van der Waals surface area contributed by atoms with Crippen molar-refractivity contribution in [3.8, 4) is 0 Å². The van der Waals surface area contributed by atoms with Gasteiger partial charge in [0.2, 0.25) is 5.91 Å². The summed E-state index contributed by atoms with van der Waals surface area (Å²) in [7, 11) is 0. The Balaban J connectivity index is 1.57. The lowest BCUT2D eigenvalue weighted by molar-refractivity contribution is -0.129. The van der Waals surface area contributed by atoms with Crippen LogP contribution in [0.3, 0.4) is 0 Å². The van der Waals surface area contributed by atoms with Crippen molar-refractivity contribution in [2.24, 2.45) is 5.92 Å². The topological polar surface area (TPSA) is 66.5 Å². The quantitative estimate of drug-likeness (QED) is 0.576. The molecule has 0 radical (unpaired) electrons. The van der Waals surface area contributed by atoms with Crippen LogP contribution in [-0.2, 0) is 4.79 Å². The summed E-state index contributed by atoms with van der Waals surface area (Å²) in [6.07, 6.45) is 3.39. The standard InChI is InChI=1S/C22H19BrN2O3/c1-13-6-11-16(19(12-13)14-7-9-15(23)10-8-14)20(26)24-25-21(27)17-4-2-3-5-18(17)22(25)28/h2-10,16,19H,11-12H2,1H3,(H,24,26). The van der Waals surface area contributed by atoms with Gasteiger partial charge in [-0.05, 0) is 55.5 Å². The number of hydrazine groups is 1. The predicted octanol–water partition coefficient (Wildman–Crippen LogP) is 4.22. The predicted molar refractivity (Wildman–Crippen MR) is 108 cm³/mol. The van der Waals surface area contributed by atoms with Crippen LogP contribution in [0.5, 0.6) is 0 Å². The first-order valence-corrected chi connectivity index (χ1v) is 9.94. The highest BCUT2D eigenvalue weighted by atomic mass is 79.9. The Morgan fingerprint density at radius 1 is 1.04 bits per heavy atom. The molecule has 3 amide bonds. The van der Waals surface area contributed by atoms with Gasteiger partial charge in [-0.25, -0.2) is 0 Å². The first-order chi connectivity index (χ1) is 13.5. The monoisotopic (exact) mass is 438 g/mol. The molecule has 1 heterocycles. The highest BCUT2D eigenvalue weighted by Crippen LogP contribution is 2.38. The maximum Gasteiger partial charge on any atom is 0.280 e. The molecule has 0 spiro atoms. The van der Waals surface area contributed by atoms with Crippen LogP contribution < -0.4 is 5.43 Å². The van der Waals surface area contributed by atoms with Crippen LogP contribution in [0.2, 0.25) is 0 Å². The first kappa shape index (κ1) is 18.6. The summed E-state index contributed by atoms with van der Waals surface area (Å²) in [4.78, 5) is 38.1. The zero-order valence-electron chi connectivity index (χ0n) is 15.3. The van der Waals surface area contributed by atoms with Gasteiger partial charge < -0.3 is 0 Å². The van der Waals surface area contributed by atoms with Crippen molar-refractivity contribution in [2.75, 3.05) is 0 Å². The largest absolute Gasteiger partial charge is 0.280 e. The van der Waals surface area contributed by atoms with Crippen molar-refractivity contribution in [3.63, 3.8) is 0 Å². The fourth-order valence-corrected chi connectivity index (χ4v) is 4.16. The molecule has 0 saturated heterocycles. The van der Waals surface area contributed by atoms with Gasteiger partial charge in [0.1, 0.15) is 0 Å². The summed E-state index contributed by atoms with van der Waals surface area (Å²) >= 11 is 3.44. The lowest BCUT2D eigenvalue weighted by Crippen LogP contribution is -2.49. The fourth-order valence-electron chi connectivity index (χ4n) is 3.90. The fraction of sp³-hybridized carbons (Fsp3) is 0.227. The molecule has 28 heavy (non-hydrogen) atoms. The van der Waals surface area contributed by atoms with Gasteiger partial charge in [0.05, 0.1) is 17.0 Å². The Bertz CT molecular complexity index is 962. The lowest BCUT2D eigenvalue weighted by atomic mass is 9.75. The number of rotatable bonds is 3. The van der Waals surface area contributed by atoms with Crippen LogP contribution in [0.1, 0.15) is 52.0 Å². The van der Waals surface area contributed by atoms with Crippen LogP contribution in [0.25, 0.3) is 0 Å². The lowest BCUT2D eigenvalue weighted by Gasteiger charge is -2.31. The summed E-state index contributed by atoms with van der Waals surface area (Å²) in [6, 6.07) is 14.5. The van der Waals surface area contributed by atoms with Crippen LogP contribution in [0.4, 0.5) is 0 Å². The molecule has 142 valence electrons. The van der Waals surface area contributed by atoms with E-state index in [4.69, 9.17) is 0 Å². The van der Waals surface area contributed by atoms with E-state index in [0.29, 0.717) is 17.5 Å². The zero-order chi connectivity index (χ0) is 19.8. The van der Waals surface area contributed by atoms with Gasteiger partial charge in [-0.3, -0.25) is 19.8 Å². The van der Waals surface area contributed by atoms with Gasteiger partial charge in [0, 0.05) is 4.47 Å². The first-order valence-electron chi connectivity index (χ1n) is 9.15. The van der Waals surface area contributed by atoms with Gasteiger partial charge in [0.25, 0.3) is 11.8 Å². The molecule has 2 aromatic rings.